The predicted molar refractivity (Wildman–Crippen MR) is 120 cm³/mol. The molecule has 1 fully saturated rings. The van der Waals surface area contributed by atoms with Crippen LogP contribution in [0.5, 0.6) is 0 Å². The molecule has 4 aromatic rings. The number of hydrogen-bond donors (Lipinski definition) is 3. The lowest BCUT2D eigenvalue weighted by Crippen LogP contribution is -2.26. The van der Waals surface area contributed by atoms with Gasteiger partial charge in [-0.05, 0) is 67.1 Å². The van der Waals surface area contributed by atoms with Crippen molar-refractivity contribution < 1.29 is 0 Å². The van der Waals surface area contributed by atoms with Crippen molar-refractivity contribution in [3.05, 3.63) is 53.9 Å². The van der Waals surface area contributed by atoms with Crippen LogP contribution in [0.3, 0.4) is 0 Å². The molecule has 0 amide bonds. The molecule has 1 aromatic carbocycles. The lowest BCUT2D eigenvalue weighted by molar-refractivity contribution is 0.438. The maximum Gasteiger partial charge on any atom is 0.155 e. The van der Waals surface area contributed by atoms with Crippen LogP contribution >= 0.6 is 0 Å². The second-order valence-electron chi connectivity index (χ2n) is 8.31. The first-order valence-corrected chi connectivity index (χ1v) is 10.5. The van der Waals surface area contributed by atoms with E-state index in [1.165, 1.54) is 40.6 Å². The number of fused-ring (bicyclic) bond motifs is 2. The first-order valence-electron chi connectivity index (χ1n) is 10.5. The van der Waals surface area contributed by atoms with Crippen LogP contribution in [-0.2, 0) is 0 Å². The summed E-state index contributed by atoms with van der Waals surface area (Å²) in [7, 11) is 0. The van der Waals surface area contributed by atoms with Gasteiger partial charge in [0.15, 0.2) is 5.65 Å². The molecule has 3 aromatic heterocycles. The molecule has 0 spiro atoms. The molecule has 5 rings (SSSR count). The molecule has 0 unspecified atom stereocenters. The summed E-state index contributed by atoms with van der Waals surface area (Å²) < 4.78 is 0. The van der Waals surface area contributed by atoms with Crippen molar-refractivity contribution in [2.24, 2.45) is 5.92 Å². The van der Waals surface area contributed by atoms with Crippen molar-refractivity contribution in [3.63, 3.8) is 0 Å². The van der Waals surface area contributed by atoms with E-state index in [1.807, 2.05) is 12.4 Å². The number of nitrogens with one attached hydrogen (secondary N) is 3. The summed E-state index contributed by atoms with van der Waals surface area (Å²) in [5.74, 6) is 1.09. The van der Waals surface area contributed by atoms with E-state index in [4.69, 9.17) is 0 Å². The Morgan fingerprint density at radius 3 is 2.79 bits per heavy atom. The van der Waals surface area contributed by atoms with Crippen molar-refractivity contribution in [3.8, 4) is 11.3 Å². The van der Waals surface area contributed by atoms with Crippen molar-refractivity contribution >= 4 is 28.0 Å². The molecule has 1 aliphatic rings. The first kappa shape index (κ1) is 18.1. The molecule has 0 bridgehead atoms. The number of allylic oxidation sites excluding steroid dienone is 1. The summed E-state index contributed by atoms with van der Waals surface area (Å²) in [4.78, 5) is 8.07. The molecule has 4 heterocycles. The van der Waals surface area contributed by atoms with Crippen LogP contribution in [0.15, 0.2) is 42.7 Å². The van der Waals surface area contributed by atoms with E-state index in [0.29, 0.717) is 11.8 Å². The Labute approximate surface area is 170 Å². The Kier molecular flexibility index (Phi) is 4.68. The summed E-state index contributed by atoms with van der Waals surface area (Å²) in [5, 5.41) is 13.0. The molecule has 0 saturated carbocycles. The van der Waals surface area contributed by atoms with Gasteiger partial charge in [-0.1, -0.05) is 32.1 Å². The minimum absolute atomic E-state index is 0.400. The quantitative estimate of drug-likeness (QED) is 0.450. The maximum atomic E-state index is 4.39. The number of pyridine rings is 1. The zero-order valence-corrected chi connectivity index (χ0v) is 17.0. The number of rotatable bonds is 4. The number of benzene rings is 1. The van der Waals surface area contributed by atoms with Gasteiger partial charge in [-0.15, -0.1) is 0 Å². The smallest absolute Gasteiger partial charge is 0.155 e. The Hall–Kier alpha value is -2.92. The van der Waals surface area contributed by atoms with Gasteiger partial charge in [0, 0.05) is 28.0 Å². The SMILES string of the molecule is CC(C)c1c(-c2ccnc3[nH]ncc23)[nH]c2ccc(C=CC3CCNCC3)cc12. The molecule has 1 aliphatic heterocycles. The van der Waals surface area contributed by atoms with Gasteiger partial charge in [0.25, 0.3) is 0 Å². The van der Waals surface area contributed by atoms with Crippen LogP contribution in [0.2, 0.25) is 0 Å². The van der Waals surface area contributed by atoms with Gasteiger partial charge in [-0.3, -0.25) is 5.10 Å². The van der Waals surface area contributed by atoms with Gasteiger partial charge < -0.3 is 10.3 Å². The third-order valence-corrected chi connectivity index (χ3v) is 6.01. The maximum absolute atomic E-state index is 4.39. The van der Waals surface area contributed by atoms with E-state index < -0.39 is 0 Å². The zero-order valence-electron chi connectivity index (χ0n) is 17.0. The summed E-state index contributed by atoms with van der Waals surface area (Å²) in [6, 6.07) is 8.83. The molecule has 0 atom stereocenters. The van der Waals surface area contributed by atoms with E-state index in [2.05, 4.69) is 75.7 Å². The summed E-state index contributed by atoms with van der Waals surface area (Å²) in [6.45, 7) is 6.77. The lowest BCUT2D eigenvalue weighted by Gasteiger charge is -2.19. The topological polar surface area (TPSA) is 69.4 Å². The molecule has 5 heteroatoms. The molecule has 1 saturated heterocycles. The van der Waals surface area contributed by atoms with Gasteiger partial charge in [0.05, 0.1) is 11.9 Å². The predicted octanol–water partition coefficient (Wildman–Crippen LogP) is 5.24. The Bertz CT molecular complexity index is 1170. The van der Waals surface area contributed by atoms with E-state index in [9.17, 15) is 0 Å². The number of aromatic amines is 2. The van der Waals surface area contributed by atoms with E-state index in [0.717, 1.165) is 29.7 Å². The summed E-state index contributed by atoms with van der Waals surface area (Å²) in [6.07, 6.45) is 10.9. The fourth-order valence-electron chi connectivity index (χ4n) is 4.50. The molecule has 0 aliphatic carbocycles. The van der Waals surface area contributed by atoms with Crippen molar-refractivity contribution in [2.75, 3.05) is 13.1 Å². The average Bonchev–Trinajstić information content (AvgIpc) is 3.37. The Morgan fingerprint density at radius 1 is 1.10 bits per heavy atom. The molecule has 5 nitrogen and oxygen atoms in total. The van der Waals surface area contributed by atoms with Crippen LogP contribution < -0.4 is 5.32 Å². The second-order valence-corrected chi connectivity index (χ2v) is 8.31. The normalized spacial score (nSPS) is 16.0. The minimum Gasteiger partial charge on any atom is -0.354 e. The van der Waals surface area contributed by atoms with Gasteiger partial charge in [0.2, 0.25) is 0 Å². The number of hydrogen-bond acceptors (Lipinski definition) is 3. The third-order valence-electron chi connectivity index (χ3n) is 6.01. The van der Waals surface area contributed by atoms with Crippen LogP contribution in [0.25, 0.3) is 39.3 Å². The van der Waals surface area contributed by atoms with Crippen molar-refractivity contribution in [1.82, 2.24) is 25.5 Å². The molecule has 29 heavy (non-hydrogen) atoms. The van der Waals surface area contributed by atoms with Crippen LogP contribution in [0, 0.1) is 5.92 Å². The Balaban J connectivity index is 1.60. The average molecular weight is 386 g/mol. The molecule has 148 valence electrons. The molecular formula is C24H27N5. The molecule has 0 radical (unpaired) electrons. The number of piperidine rings is 1. The van der Waals surface area contributed by atoms with Crippen molar-refractivity contribution in [1.29, 1.82) is 0 Å². The van der Waals surface area contributed by atoms with Gasteiger partial charge >= 0.3 is 0 Å². The third kappa shape index (κ3) is 3.36. The fourth-order valence-corrected chi connectivity index (χ4v) is 4.50. The van der Waals surface area contributed by atoms with E-state index in [1.54, 1.807) is 0 Å². The van der Waals surface area contributed by atoms with E-state index >= 15 is 0 Å². The van der Waals surface area contributed by atoms with Crippen LogP contribution in [0.1, 0.15) is 43.7 Å². The Morgan fingerprint density at radius 2 is 1.97 bits per heavy atom. The van der Waals surface area contributed by atoms with Gasteiger partial charge in [-0.2, -0.15) is 5.10 Å². The standard InChI is InChI=1S/C24H27N5/c1-15(2)22-19-13-17(4-3-16-7-10-25-11-8-16)5-6-21(19)28-23(22)18-9-12-26-24-20(18)14-27-29-24/h3-6,9,12-16,25,28H,7-8,10-11H2,1-2H3,(H,26,27,29). The molecular weight excluding hydrogens is 358 g/mol. The van der Waals surface area contributed by atoms with Crippen LogP contribution in [0.4, 0.5) is 0 Å². The fraction of sp³-hybridized carbons (Fsp3) is 0.333. The number of H-pyrrole nitrogens is 2. The first-order chi connectivity index (χ1) is 14.2. The van der Waals surface area contributed by atoms with Gasteiger partial charge in [0.1, 0.15) is 0 Å². The highest BCUT2D eigenvalue weighted by Crippen LogP contribution is 2.38. The lowest BCUT2D eigenvalue weighted by atomic mass is 9.94. The van der Waals surface area contributed by atoms with E-state index in [-0.39, 0.29) is 0 Å². The highest BCUT2D eigenvalue weighted by molar-refractivity contribution is 5.99. The van der Waals surface area contributed by atoms with Gasteiger partial charge in [-0.25, -0.2) is 4.98 Å². The highest BCUT2D eigenvalue weighted by Gasteiger charge is 2.18. The second kappa shape index (κ2) is 7.48. The summed E-state index contributed by atoms with van der Waals surface area (Å²) in [5.41, 5.74) is 6.94. The highest BCUT2D eigenvalue weighted by atomic mass is 15.1. The summed E-state index contributed by atoms with van der Waals surface area (Å²) >= 11 is 0. The minimum atomic E-state index is 0.400. The number of nitrogens with zero attached hydrogens (tertiary/aromatic N) is 2. The zero-order chi connectivity index (χ0) is 19.8. The monoisotopic (exact) mass is 385 g/mol. The largest absolute Gasteiger partial charge is 0.354 e. The number of aromatic nitrogens is 4. The van der Waals surface area contributed by atoms with Crippen molar-refractivity contribution in [2.45, 2.75) is 32.6 Å². The molecule has 3 N–H and O–H groups in total. The van der Waals surface area contributed by atoms with Crippen LogP contribution in [-0.4, -0.2) is 33.3 Å².